The Bertz CT molecular complexity index is 958. The molecule has 31 heavy (non-hydrogen) atoms. The quantitative estimate of drug-likeness (QED) is 0.412. The summed E-state index contributed by atoms with van der Waals surface area (Å²) in [5.74, 6) is -1.24. The van der Waals surface area contributed by atoms with Crippen LogP contribution < -0.4 is 5.32 Å². The topological polar surface area (TPSA) is 102 Å². The summed E-state index contributed by atoms with van der Waals surface area (Å²) in [5, 5.41) is 13.9. The van der Waals surface area contributed by atoms with Gasteiger partial charge in [0.1, 0.15) is 0 Å². The number of ether oxygens (including phenoxy) is 1. The van der Waals surface area contributed by atoms with Crippen LogP contribution >= 0.6 is 0 Å². The van der Waals surface area contributed by atoms with Gasteiger partial charge in [-0.15, -0.1) is 0 Å². The molecule has 1 N–H and O–H groups in total. The number of nitrogens with zero attached hydrogens (tertiary/aromatic N) is 2. The molecule has 1 unspecified atom stereocenters. The van der Waals surface area contributed by atoms with E-state index in [1.54, 1.807) is 0 Å². The Morgan fingerprint density at radius 1 is 1.13 bits per heavy atom. The van der Waals surface area contributed by atoms with E-state index in [2.05, 4.69) is 34.0 Å². The molecule has 0 saturated carbocycles. The van der Waals surface area contributed by atoms with Crippen molar-refractivity contribution in [1.29, 1.82) is 0 Å². The van der Waals surface area contributed by atoms with Crippen LogP contribution in [0.3, 0.4) is 0 Å². The van der Waals surface area contributed by atoms with Gasteiger partial charge in [0, 0.05) is 36.8 Å². The number of nitro groups is 1. The number of methoxy groups -OCH3 is 1. The summed E-state index contributed by atoms with van der Waals surface area (Å²) >= 11 is 0. The summed E-state index contributed by atoms with van der Waals surface area (Å²) in [7, 11) is 1.18. The van der Waals surface area contributed by atoms with Gasteiger partial charge >= 0.3 is 5.97 Å². The van der Waals surface area contributed by atoms with Crippen LogP contribution in [-0.2, 0) is 17.8 Å². The van der Waals surface area contributed by atoms with Gasteiger partial charge in [-0.25, -0.2) is 4.79 Å². The van der Waals surface area contributed by atoms with Crippen LogP contribution in [0.15, 0.2) is 42.5 Å². The highest BCUT2D eigenvalue weighted by atomic mass is 16.6. The lowest BCUT2D eigenvalue weighted by Gasteiger charge is -2.33. The average Bonchev–Trinajstić information content (AvgIpc) is 2.79. The minimum atomic E-state index is -0.739. The Labute approximate surface area is 181 Å². The lowest BCUT2D eigenvalue weighted by molar-refractivity contribution is -0.384. The molecule has 0 bridgehead atoms. The molecule has 2 aromatic carbocycles. The molecule has 8 nitrogen and oxygen atoms in total. The lowest BCUT2D eigenvalue weighted by atomic mass is 10.0. The smallest absolute Gasteiger partial charge is 0.338 e. The van der Waals surface area contributed by atoms with Gasteiger partial charge in [-0.05, 0) is 43.5 Å². The number of esters is 1. The number of nitro benzene ring substituents is 1. The van der Waals surface area contributed by atoms with Gasteiger partial charge in [0.15, 0.2) is 0 Å². The number of carbonyl (C=O) groups is 2. The van der Waals surface area contributed by atoms with E-state index in [-0.39, 0.29) is 23.4 Å². The number of carbonyl (C=O) groups excluding carboxylic acids is 2. The summed E-state index contributed by atoms with van der Waals surface area (Å²) in [6.45, 7) is 4.58. The van der Waals surface area contributed by atoms with Gasteiger partial charge in [0.25, 0.3) is 11.6 Å². The zero-order valence-electron chi connectivity index (χ0n) is 17.8. The number of nitrogens with one attached hydrogen (secondary N) is 1. The Hall–Kier alpha value is -3.26. The molecule has 164 valence electrons. The summed E-state index contributed by atoms with van der Waals surface area (Å²) in [4.78, 5) is 37.3. The van der Waals surface area contributed by atoms with E-state index < -0.39 is 16.8 Å². The molecule has 1 saturated heterocycles. The second-order valence-corrected chi connectivity index (χ2v) is 7.83. The highest BCUT2D eigenvalue weighted by molar-refractivity contribution is 5.98. The normalized spacial score (nSPS) is 16.5. The predicted molar refractivity (Wildman–Crippen MR) is 116 cm³/mol. The average molecular weight is 425 g/mol. The molecule has 1 heterocycles. The molecule has 2 aromatic rings. The molecule has 0 aliphatic carbocycles. The van der Waals surface area contributed by atoms with Gasteiger partial charge in [0.05, 0.1) is 17.6 Å². The number of likely N-dealkylation sites (tertiary alicyclic amines) is 1. The van der Waals surface area contributed by atoms with Crippen molar-refractivity contribution in [2.45, 2.75) is 45.3 Å². The number of piperidine rings is 1. The summed E-state index contributed by atoms with van der Waals surface area (Å²) in [5.41, 5.74) is 1.79. The van der Waals surface area contributed by atoms with Crippen molar-refractivity contribution in [3.8, 4) is 0 Å². The van der Waals surface area contributed by atoms with Crippen LogP contribution in [0, 0.1) is 10.1 Å². The summed E-state index contributed by atoms with van der Waals surface area (Å²) in [6.07, 6.45) is 3.77. The molecule has 3 rings (SSSR count). The molecule has 0 radical (unpaired) electrons. The number of hydrogen-bond acceptors (Lipinski definition) is 6. The molecule has 1 aliphatic rings. The monoisotopic (exact) mass is 425 g/mol. The van der Waals surface area contributed by atoms with Crippen LogP contribution in [0.5, 0.6) is 0 Å². The van der Waals surface area contributed by atoms with Crippen LogP contribution in [0.2, 0.25) is 0 Å². The molecule has 1 aliphatic heterocycles. The molecule has 8 heteroatoms. The van der Waals surface area contributed by atoms with Crippen molar-refractivity contribution in [3.05, 3.63) is 74.8 Å². The van der Waals surface area contributed by atoms with Gasteiger partial charge in [-0.3, -0.25) is 19.8 Å². The minimum Gasteiger partial charge on any atom is -0.465 e. The van der Waals surface area contributed by atoms with E-state index in [4.69, 9.17) is 0 Å². The number of non-ortho nitro benzene ring substituents is 1. The maximum atomic E-state index is 12.5. The van der Waals surface area contributed by atoms with E-state index in [0.717, 1.165) is 30.8 Å². The van der Waals surface area contributed by atoms with Crippen molar-refractivity contribution in [3.63, 3.8) is 0 Å². The number of benzene rings is 2. The Kier molecular flexibility index (Phi) is 7.36. The Morgan fingerprint density at radius 3 is 2.45 bits per heavy atom. The number of amides is 1. The maximum Gasteiger partial charge on any atom is 0.338 e. The van der Waals surface area contributed by atoms with E-state index in [1.807, 2.05) is 12.1 Å². The van der Waals surface area contributed by atoms with Crippen molar-refractivity contribution < 1.29 is 19.2 Å². The van der Waals surface area contributed by atoms with E-state index in [0.29, 0.717) is 6.04 Å². The lowest BCUT2D eigenvalue weighted by Crippen LogP contribution is -2.36. The molecule has 0 spiro atoms. The Morgan fingerprint density at radius 2 is 1.81 bits per heavy atom. The third-order valence-electron chi connectivity index (χ3n) is 5.61. The first-order valence-electron chi connectivity index (χ1n) is 10.3. The molecule has 1 amide bonds. The second kappa shape index (κ2) is 10.2. The van der Waals surface area contributed by atoms with E-state index in [9.17, 15) is 19.7 Å². The fraction of sp³-hybridized carbons (Fsp3) is 0.391. The van der Waals surface area contributed by atoms with Crippen molar-refractivity contribution in [2.24, 2.45) is 0 Å². The zero-order valence-corrected chi connectivity index (χ0v) is 17.8. The van der Waals surface area contributed by atoms with Crippen LogP contribution in [0.1, 0.15) is 58.0 Å². The highest BCUT2D eigenvalue weighted by Gasteiger charge is 2.19. The van der Waals surface area contributed by atoms with Crippen LogP contribution in [-0.4, -0.2) is 41.4 Å². The molecular weight excluding hydrogens is 398 g/mol. The second-order valence-electron chi connectivity index (χ2n) is 7.83. The van der Waals surface area contributed by atoms with Gasteiger partial charge < -0.3 is 10.1 Å². The fourth-order valence-electron chi connectivity index (χ4n) is 3.76. The number of hydrogen-bond donors (Lipinski definition) is 1. The van der Waals surface area contributed by atoms with Crippen molar-refractivity contribution in [2.75, 3.05) is 13.7 Å². The standard InChI is InChI=1S/C23H27N3O5/c1-16-5-3-4-10-25(16)15-18-8-6-17(7-9-18)14-24-22(27)19-11-20(23(28)31-2)13-21(12-19)26(29)30/h6-9,11-13,16H,3-5,10,14-15H2,1-2H3,(H,24,27). The third-order valence-corrected chi connectivity index (χ3v) is 5.61. The van der Waals surface area contributed by atoms with E-state index in [1.165, 1.54) is 38.0 Å². The SMILES string of the molecule is COC(=O)c1cc(C(=O)NCc2ccc(CN3CCCCC3C)cc2)cc([N+](=O)[O-])c1. The largest absolute Gasteiger partial charge is 0.465 e. The van der Waals surface area contributed by atoms with Crippen LogP contribution in [0.25, 0.3) is 0 Å². The first kappa shape index (κ1) is 22.4. The fourth-order valence-corrected chi connectivity index (χ4v) is 3.76. The number of rotatable bonds is 7. The van der Waals surface area contributed by atoms with Crippen LogP contribution in [0.4, 0.5) is 5.69 Å². The first-order valence-corrected chi connectivity index (χ1v) is 10.3. The van der Waals surface area contributed by atoms with Gasteiger partial charge in [-0.1, -0.05) is 30.7 Å². The van der Waals surface area contributed by atoms with Crippen molar-refractivity contribution >= 4 is 17.6 Å². The third kappa shape index (κ3) is 5.88. The maximum absolute atomic E-state index is 12.5. The first-order chi connectivity index (χ1) is 14.9. The molecule has 1 fully saturated rings. The zero-order chi connectivity index (χ0) is 22.4. The Balaban J connectivity index is 1.63. The summed E-state index contributed by atoms with van der Waals surface area (Å²) < 4.78 is 4.61. The van der Waals surface area contributed by atoms with Crippen molar-refractivity contribution in [1.82, 2.24) is 10.2 Å². The minimum absolute atomic E-state index is 0.0327. The summed E-state index contributed by atoms with van der Waals surface area (Å²) in [6, 6.07) is 12.2. The van der Waals surface area contributed by atoms with Gasteiger partial charge in [0.2, 0.25) is 0 Å². The molecule has 1 atom stereocenters. The van der Waals surface area contributed by atoms with E-state index >= 15 is 0 Å². The predicted octanol–water partition coefficient (Wildman–Crippen LogP) is 3.69. The molecule has 0 aromatic heterocycles. The molecular formula is C23H27N3O5. The highest BCUT2D eigenvalue weighted by Crippen LogP contribution is 2.20. The van der Waals surface area contributed by atoms with Gasteiger partial charge in [-0.2, -0.15) is 0 Å².